The van der Waals surface area contributed by atoms with Crippen molar-refractivity contribution < 1.29 is 4.52 Å². The minimum absolute atomic E-state index is 0.441. The van der Waals surface area contributed by atoms with Gasteiger partial charge in [-0.3, -0.25) is 0 Å². The van der Waals surface area contributed by atoms with E-state index in [1.807, 2.05) is 18.2 Å². The third kappa shape index (κ3) is 2.84. The third-order valence-corrected chi connectivity index (χ3v) is 3.31. The molecule has 2 rings (SSSR count). The van der Waals surface area contributed by atoms with Gasteiger partial charge in [-0.2, -0.15) is 0 Å². The Morgan fingerprint density at radius 1 is 1.50 bits per heavy atom. The van der Waals surface area contributed by atoms with E-state index in [-0.39, 0.29) is 0 Å². The normalized spacial score (nSPS) is 11.2. The summed E-state index contributed by atoms with van der Waals surface area (Å²) in [5, 5.41) is 7.29. The van der Waals surface area contributed by atoms with Gasteiger partial charge in [0.15, 0.2) is 5.76 Å². The molecule has 0 aromatic carbocycles. The Morgan fingerprint density at radius 2 is 2.31 bits per heavy atom. The first-order valence-electron chi connectivity index (χ1n) is 5.10. The average Bonchev–Trinajstić information content (AvgIpc) is 2.83. The highest BCUT2D eigenvalue weighted by Gasteiger charge is 2.09. The molecule has 0 fully saturated rings. The topological polar surface area (TPSA) is 38.1 Å². The Kier molecular flexibility index (Phi) is 3.63. The van der Waals surface area contributed by atoms with E-state index in [0.717, 1.165) is 27.2 Å². The molecule has 0 spiro atoms. The lowest BCUT2D eigenvalue weighted by atomic mass is 10.3. The molecule has 0 aliphatic heterocycles. The van der Waals surface area contributed by atoms with Crippen LogP contribution in [0.5, 0.6) is 0 Å². The van der Waals surface area contributed by atoms with Gasteiger partial charge >= 0.3 is 0 Å². The Hall–Kier alpha value is -0.840. The highest BCUT2D eigenvalue weighted by molar-refractivity contribution is 7.19. The molecule has 0 aliphatic rings. The fourth-order valence-corrected chi connectivity index (χ4v) is 2.26. The van der Waals surface area contributed by atoms with Gasteiger partial charge < -0.3 is 9.84 Å². The molecule has 2 aromatic rings. The number of nitrogens with one attached hydrogen (secondary N) is 1. The van der Waals surface area contributed by atoms with Crippen LogP contribution in [0.3, 0.4) is 0 Å². The monoisotopic (exact) mass is 256 g/mol. The summed E-state index contributed by atoms with van der Waals surface area (Å²) in [6, 6.07) is 6.18. The van der Waals surface area contributed by atoms with Crippen molar-refractivity contribution in [3.8, 4) is 10.6 Å². The molecule has 0 radical (unpaired) electrons. The van der Waals surface area contributed by atoms with Crippen LogP contribution in [0.25, 0.3) is 10.6 Å². The molecule has 0 saturated heterocycles. The number of rotatable bonds is 4. The van der Waals surface area contributed by atoms with Crippen LogP contribution in [0.1, 0.15) is 19.5 Å². The molecule has 1 N–H and O–H groups in total. The maximum Gasteiger partial charge on any atom is 0.177 e. The van der Waals surface area contributed by atoms with Crippen LogP contribution in [0.4, 0.5) is 0 Å². The van der Waals surface area contributed by atoms with E-state index < -0.39 is 0 Å². The molecule has 0 bridgehead atoms. The van der Waals surface area contributed by atoms with E-state index in [1.54, 1.807) is 0 Å². The van der Waals surface area contributed by atoms with Crippen LogP contribution in [-0.4, -0.2) is 11.2 Å². The Balaban J connectivity index is 2.07. The molecule has 86 valence electrons. The van der Waals surface area contributed by atoms with E-state index in [4.69, 9.17) is 16.1 Å². The van der Waals surface area contributed by atoms with Crippen molar-refractivity contribution >= 4 is 22.9 Å². The molecule has 2 heterocycles. The minimum Gasteiger partial charge on any atom is -0.355 e. The lowest BCUT2D eigenvalue weighted by Crippen LogP contribution is -2.21. The second-order valence-corrected chi connectivity index (χ2v) is 5.54. The summed E-state index contributed by atoms with van der Waals surface area (Å²) in [7, 11) is 0. The number of nitrogens with zero attached hydrogens (tertiary/aromatic N) is 1. The van der Waals surface area contributed by atoms with Crippen molar-refractivity contribution in [1.29, 1.82) is 0 Å². The van der Waals surface area contributed by atoms with E-state index in [0.29, 0.717) is 6.04 Å². The van der Waals surface area contributed by atoms with Gasteiger partial charge in [-0.1, -0.05) is 30.6 Å². The highest BCUT2D eigenvalue weighted by Crippen LogP contribution is 2.31. The highest BCUT2D eigenvalue weighted by atomic mass is 35.5. The largest absolute Gasteiger partial charge is 0.355 e. The number of hydrogen-bond acceptors (Lipinski definition) is 4. The number of thiophene rings is 1. The summed E-state index contributed by atoms with van der Waals surface area (Å²) in [6.45, 7) is 4.92. The molecule has 0 saturated carbocycles. The zero-order chi connectivity index (χ0) is 11.5. The van der Waals surface area contributed by atoms with Crippen molar-refractivity contribution in [3.05, 3.63) is 28.2 Å². The zero-order valence-electron chi connectivity index (χ0n) is 9.16. The molecule has 16 heavy (non-hydrogen) atoms. The van der Waals surface area contributed by atoms with Crippen LogP contribution in [0, 0.1) is 0 Å². The lowest BCUT2D eigenvalue weighted by molar-refractivity contribution is 0.418. The molecule has 0 aliphatic carbocycles. The van der Waals surface area contributed by atoms with Crippen LogP contribution in [0.2, 0.25) is 4.34 Å². The van der Waals surface area contributed by atoms with Gasteiger partial charge in [0.1, 0.15) is 0 Å². The van der Waals surface area contributed by atoms with Crippen molar-refractivity contribution in [1.82, 2.24) is 10.5 Å². The van der Waals surface area contributed by atoms with Crippen LogP contribution in [0.15, 0.2) is 22.7 Å². The summed E-state index contributed by atoms with van der Waals surface area (Å²) in [4.78, 5) is 1.01. The van der Waals surface area contributed by atoms with Gasteiger partial charge in [-0.25, -0.2) is 0 Å². The fourth-order valence-electron chi connectivity index (χ4n) is 1.27. The number of hydrogen-bond donors (Lipinski definition) is 1. The van der Waals surface area contributed by atoms with E-state index >= 15 is 0 Å². The van der Waals surface area contributed by atoms with Gasteiger partial charge in [0.2, 0.25) is 0 Å². The fraction of sp³-hybridized carbons (Fsp3) is 0.364. The molecule has 3 nitrogen and oxygen atoms in total. The molecule has 0 atom stereocenters. The summed E-state index contributed by atoms with van der Waals surface area (Å²) in [6.07, 6.45) is 0. The smallest absolute Gasteiger partial charge is 0.177 e. The van der Waals surface area contributed by atoms with Gasteiger partial charge in [-0.15, -0.1) is 11.3 Å². The molecule has 0 unspecified atom stereocenters. The summed E-state index contributed by atoms with van der Waals surface area (Å²) < 4.78 is 6.02. The van der Waals surface area contributed by atoms with Crippen LogP contribution in [-0.2, 0) is 6.54 Å². The van der Waals surface area contributed by atoms with Crippen molar-refractivity contribution in [3.63, 3.8) is 0 Å². The molecular formula is C11H13ClN2OS. The first-order chi connectivity index (χ1) is 7.65. The lowest BCUT2D eigenvalue weighted by Gasteiger charge is -2.03. The van der Waals surface area contributed by atoms with Crippen molar-refractivity contribution in [2.75, 3.05) is 0 Å². The van der Waals surface area contributed by atoms with Gasteiger partial charge in [0.25, 0.3) is 0 Å². The molecule has 0 amide bonds. The predicted octanol–water partition coefficient (Wildman–Crippen LogP) is 3.55. The number of halogens is 1. The van der Waals surface area contributed by atoms with Crippen molar-refractivity contribution in [2.24, 2.45) is 0 Å². The van der Waals surface area contributed by atoms with E-state index in [9.17, 15) is 0 Å². The van der Waals surface area contributed by atoms with Crippen LogP contribution >= 0.6 is 22.9 Å². The first kappa shape index (κ1) is 11.6. The summed E-state index contributed by atoms with van der Waals surface area (Å²) in [5.41, 5.74) is 0.910. The van der Waals surface area contributed by atoms with E-state index in [1.165, 1.54) is 11.3 Å². The van der Waals surface area contributed by atoms with Gasteiger partial charge in [-0.05, 0) is 12.1 Å². The second kappa shape index (κ2) is 4.99. The predicted molar refractivity (Wildman–Crippen MR) is 66.8 cm³/mol. The zero-order valence-corrected chi connectivity index (χ0v) is 10.7. The molecule has 2 aromatic heterocycles. The van der Waals surface area contributed by atoms with E-state index in [2.05, 4.69) is 24.3 Å². The minimum atomic E-state index is 0.441. The Bertz CT molecular complexity index is 464. The van der Waals surface area contributed by atoms with Gasteiger partial charge in [0, 0.05) is 18.7 Å². The number of aromatic nitrogens is 1. The second-order valence-electron chi connectivity index (χ2n) is 3.82. The summed E-state index contributed by atoms with van der Waals surface area (Å²) >= 11 is 7.35. The van der Waals surface area contributed by atoms with Gasteiger partial charge in [0.05, 0.1) is 14.9 Å². The molecular weight excluding hydrogens is 244 g/mol. The average molecular weight is 257 g/mol. The maximum absolute atomic E-state index is 5.86. The molecule has 5 heteroatoms. The maximum atomic E-state index is 5.86. The van der Waals surface area contributed by atoms with Crippen molar-refractivity contribution in [2.45, 2.75) is 26.4 Å². The van der Waals surface area contributed by atoms with Crippen LogP contribution < -0.4 is 5.32 Å². The summed E-state index contributed by atoms with van der Waals surface area (Å²) in [5.74, 6) is 0.775. The Labute approximate surface area is 103 Å². The Morgan fingerprint density at radius 3 is 2.94 bits per heavy atom. The quantitative estimate of drug-likeness (QED) is 0.909. The standard InChI is InChI=1S/C11H13ClN2OS/c1-7(2)13-6-8-5-9(15-14-8)10-3-4-11(12)16-10/h3-5,7,13H,6H2,1-2H3. The first-order valence-corrected chi connectivity index (χ1v) is 6.29. The third-order valence-electron chi connectivity index (χ3n) is 2.07. The SMILES string of the molecule is CC(C)NCc1cc(-c2ccc(Cl)s2)on1.